The highest BCUT2D eigenvalue weighted by Crippen LogP contribution is 2.34. The van der Waals surface area contributed by atoms with Crippen LogP contribution in [-0.2, 0) is 0 Å². The molecule has 0 saturated carbocycles. The van der Waals surface area contributed by atoms with Crippen molar-refractivity contribution in [2.75, 3.05) is 25.1 Å². The zero-order valence-corrected chi connectivity index (χ0v) is 12.6. The van der Waals surface area contributed by atoms with Crippen LogP contribution in [-0.4, -0.2) is 30.2 Å². The average molecular weight is 293 g/mol. The smallest absolute Gasteiger partial charge is 0.203 e. The molecule has 1 unspecified atom stereocenters. The fraction of sp³-hybridized carbons (Fsp3) is 0.278. The molecule has 2 heterocycles. The Morgan fingerprint density at radius 3 is 2.82 bits per heavy atom. The van der Waals surface area contributed by atoms with Gasteiger partial charge in [-0.05, 0) is 30.2 Å². The average Bonchev–Trinajstić information content (AvgIpc) is 3.21. The molecule has 22 heavy (non-hydrogen) atoms. The van der Waals surface area contributed by atoms with Crippen molar-refractivity contribution in [2.45, 2.75) is 12.3 Å². The van der Waals surface area contributed by atoms with Crippen molar-refractivity contribution in [3.05, 3.63) is 54.1 Å². The molecule has 3 aromatic rings. The van der Waals surface area contributed by atoms with E-state index in [1.807, 2.05) is 30.3 Å². The van der Waals surface area contributed by atoms with Gasteiger partial charge in [-0.15, -0.1) is 0 Å². The van der Waals surface area contributed by atoms with Crippen molar-refractivity contribution < 1.29 is 4.74 Å². The fourth-order valence-electron chi connectivity index (χ4n) is 3.30. The summed E-state index contributed by atoms with van der Waals surface area (Å²) in [7, 11) is 1.74. The minimum Gasteiger partial charge on any atom is -0.496 e. The molecule has 1 N–H and O–H groups in total. The van der Waals surface area contributed by atoms with Gasteiger partial charge in [0, 0.05) is 19.0 Å². The summed E-state index contributed by atoms with van der Waals surface area (Å²) in [4.78, 5) is 10.5. The van der Waals surface area contributed by atoms with Crippen LogP contribution >= 0.6 is 0 Å². The Morgan fingerprint density at radius 1 is 1.14 bits per heavy atom. The summed E-state index contributed by atoms with van der Waals surface area (Å²) < 4.78 is 5.50. The number of hydrogen-bond donors (Lipinski definition) is 1. The molecular weight excluding hydrogens is 274 g/mol. The van der Waals surface area contributed by atoms with Crippen LogP contribution in [0.25, 0.3) is 11.0 Å². The van der Waals surface area contributed by atoms with Crippen LogP contribution in [0, 0.1) is 0 Å². The zero-order chi connectivity index (χ0) is 14.9. The first-order chi connectivity index (χ1) is 10.8. The number of H-pyrrole nitrogens is 1. The van der Waals surface area contributed by atoms with Crippen molar-refractivity contribution in [3.63, 3.8) is 0 Å². The van der Waals surface area contributed by atoms with Crippen LogP contribution < -0.4 is 9.64 Å². The number of methoxy groups -OCH3 is 1. The number of imidazole rings is 1. The molecule has 0 aliphatic carbocycles. The summed E-state index contributed by atoms with van der Waals surface area (Å²) in [6, 6.07) is 16.5. The van der Waals surface area contributed by atoms with E-state index in [9.17, 15) is 0 Å². The first-order valence-electron chi connectivity index (χ1n) is 7.68. The third-order valence-electron chi connectivity index (χ3n) is 4.44. The summed E-state index contributed by atoms with van der Waals surface area (Å²) in [5, 5.41) is 0. The number of anilines is 1. The van der Waals surface area contributed by atoms with E-state index >= 15 is 0 Å². The van der Waals surface area contributed by atoms with Gasteiger partial charge >= 0.3 is 0 Å². The van der Waals surface area contributed by atoms with E-state index in [1.165, 1.54) is 5.56 Å². The number of nitrogens with one attached hydrogen (secondary N) is 1. The van der Waals surface area contributed by atoms with E-state index in [0.717, 1.165) is 42.2 Å². The number of aromatic nitrogens is 2. The molecule has 4 heteroatoms. The number of nitrogens with zero attached hydrogens (tertiary/aromatic N) is 2. The van der Waals surface area contributed by atoms with Crippen molar-refractivity contribution in [3.8, 4) is 5.75 Å². The molecular formula is C18H19N3O. The standard InChI is InChI=1S/C18H19N3O/c1-22-17-9-5-2-6-14(17)13-10-11-21(12-13)18-19-15-7-3-4-8-16(15)20-18/h2-9,13H,10-12H2,1H3,(H,19,20). The van der Waals surface area contributed by atoms with Crippen molar-refractivity contribution in [1.29, 1.82) is 0 Å². The molecule has 1 aromatic heterocycles. The topological polar surface area (TPSA) is 41.1 Å². The van der Waals surface area contributed by atoms with Gasteiger partial charge in [0.15, 0.2) is 0 Å². The van der Waals surface area contributed by atoms with Crippen molar-refractivity contribution in [2.24, 2.45) is 0 Å². The van der Waals surface area contributed by atoms with Gasteiger partial charge in [0.05, 0.1) is 18.1 Å². The Labute approximate surface area is 129 Å². The summed E-state index contributed by atoms with van der Waals surface area (Å²) in [6.07, 6.45) is 1.12. The van der Waals surface area contributed by atoms with Gasteiger partial charge in [0.25, 0.3) is 0 Å². The molecule has 1 aliphatic heterocycles. The van der Waals surface area contributed by atoms with Crippen molar-refractivity contribution >= 4 is 17.0 Å². The zero-order valence-electron chi connectivity index (χ0n) is 12.6. The maximum atomic E-state index is 5.50. The largest absolute Gasteiger partial charge is 0.496 e. The maximum Gasteiger partial charge on any atom is 0.203 e. The highest BCUT2D eigenvalue weighted by atomic mass is 16.5. The molecule has 1 aliphatic rings. The first kappa shape index (κ1) is 13.2. The molecule has 4 rings (SSSR count). The minimum atomic E-state index is 0.490. The van der Waals surface area contributed by atoms with E-state index in [0.29, 0.717) is 5.92 Å². The van der Waals surface area contributed by atoms with Gasteiger partial charge in [-0.2, -0.15) is 0 Å². The van der Waals surface area contributed by atoms with E-state index in [2.05, 4.69) is 28.1 Å². The number of benzene rings is 2. The molecule has 0 spiro atoms. The normalized spacial score (nSPS) is 18.0. The van der Waals surface area contributed by atoms with Gasteiger partial charge in [-0.3, -0.25) is 0 Å². The number of hydrogen-bond acceptors (Lipinski definition) is 3. The lowest BCUT2D eigenvalue weighted by Crippen LogP contribution is -2.20. The van der Waals surface area contributed by atoms with E-state index < -0.39 is 0 Å². The highest BCUT2D eigenvalue weighted by molar-refractivity contribution is 5.77. The Bertz CT molecular complexity index is 763. The number of fused-ring (bicyclic) bond motifs is 1. The van der Waals surface area contributed by atoms with Gasteiger partial charge < -0.3 is 14.6 Å². The van der Waals surface area contributed by atoms with Gasteiger partial charge in [-0.1, -0.05) is 30.3 Å². The molecule has 4 nitrogen and oxygen atoms in total. The maximum absolute atomic E-state index is 5.50. The predicted molar refractivity (Wildman–Crippen MR) is 88.7 cm³/mol. The molecule has 112 valence electrons. The molecule has 1 saturated heterocycles. The van der Waals surface area contributed by atoms with Crippen molar-refractivity contribution in [1.82, 2.24) is 9.97 Å². The lowest BCUT2D eigenvalue weighted by atomic mass is 9.97. The monoisotopic (exact) mass is 293 g/mol. The summed E-state index contributed by atoms with van der Waals surface area (Å²) in [5.41, 5.74) is 3.42. The summed E-state index contributed by atoms with van der Waals surface area (Å²) in [6.45, 7) is 1.99. The lowest BCUT2D eigenvalue weighted by molar-refractivity contribution is 0.406. The second-order valence-electron chi connectivity index (χ2n) is 5.75. The van der Waals surface area contributed by atoms with Gasteiger partial charge in [0.2, 0.25) is 5.95 Å². The quantitative estimate of drug-likeness (QED) is 0.802. The Morgan fingerprint density at radius 2 is 1.95 bits per heavy atom. The first-order valence-corrected chi connectivity index (χ1v) is 7.68. The van der Waals surface area contributed by atoms with Crippen LogP contribution in [0.1, 0.15) is 17.9 Å². The molecule has 0 bridgehead atoms. The molecule has 1 fully saturated rings. The summed E-state index contributed by atoms with van der Waals surface area (Å²) >= 11 is 0. The van der Waals surface area contributed by atoms with Crippen LogP contribution in [0.15, 0.2) is 48.5 Å². The van der Waals surface area contributed by atoms with Gasteiger partial charge in [0.1, 0.15) is 5.75 Å². The number of para-hydroxylation sites is 3. The van der Waals surface area contributed by atoms with E-state index in [1.54, 1.807) is 7.11 Å². The Balaban J connectivity index is 1.59. The number of aromatic amines is 1. The second kappa shape index (κ2) is 5.37. The van der Waals surface area contributed by atoms with Gasteiger partial charge in [-0.25, -0.2) is 4.98 Å². The highest BCUT2D eigenvalue weighted by Gasteiger charge is 2.27. The molecule has 0 amide bonds. The summed E-state index contributed by atoms with van der Waals surface area (Å²) in [5.74, 6) is 2.45. The SMILES string of the molecule is COc1ccccc1C1CCN(c2nc3ccccc3[nH]2)C1. The Hall–Kier alpha value is -2.49. The Kier molecular flexibility index (Phi) is 3.22. The minimum absolute atomic E-state index is 0.490. The number of ether oxygens (including phenoxy) is 1. The van der Waals surface area contributed by atoms with E-state index in [-0.39, 0.29) is 0 Å². The third-order valence-corrected chi connectivity index (χ3v) is 4.44. The molecule has 2 aromatic carbocycles. The van der Waals surface area contributed by atoms with Crippen LogP contribution in [0.4, 0.5) is 5.95 Å². The molecule has 1 atom stereocenters. The van der Waals surface area contributed by atoms with Crippen LogP contribution in [0.2, 0.25) is 0 Å². The molecule has 0 radical (unpaired) electrons. The van der Waals surface area contributed by atoms with Crippen LogP contribution in [0.3, 0.4) is 0 Å². The predicted octanol–water partition coefficient (Wildman–Crippen LogP) is 3.57. The fourth-order valence-corrected chi connectivity index (χ4v) is 3.30. The second-order valence-corrected chi connectivity index (χ2v) is 5.75. The number of rotatable bonds is 3. The third kappa shape index (κ3) is 2.21. The van der Waals surface area contributed by atoms with E-state index in [4.69, 9.17) is 9.72 Å². The van der Waals surface area contributed by atoms with Crippen LogP contribution in [0.5, 0.6) is 5.75 Å². The lowest BCUT2D eigenvalue weighted by Gasteiger charge is -2.17.